The number of morpholine rings is 1. The summed E-state index contributed by atoms with van der Waals surface area (Å²) in [6, 6.07) is 10.0. The zero-order valence-electron chi connectivity index (χ0n) is 17.0. The molecule has 8 nitrogen and oxygen atoms in total. The van der Waals surface area contributed by atoms with E-state index in [1.54, 1.807) is 30.7 Å². The Labute approximate surface area is 183 Å². The number of nitrogens with two attached hydrogens (primary N) is 1. The van der Waals surface area contributed by atoms with Gasteiger partial charge in [-0.05, 0) is 30.2 Å². The topological polar surface area (TPSA) is 110 Å². The molecular weight excluding hydrogens is 412 g/mol. The van der Waals surface area contributed by atoms with E-state index in [1.165, 1.54) is 0 Å². The molecule has 9 heteroatoms. The lowest BCUT2D eigenvalue weighted by Gasteiger charge is -2.28. The first-order chi connectivity index (χ1) is 15.1. The Morgan fingerprint density at radius 3 is 2.61 bits per heavy atom. The molecule has 1 aromatic carbocycles. The van der Waals surface area contributed by atoms with E-state index in [0.717, 1.165) is 50.7 Å². The van der Waals surface area contributed by atoms with Crippen LogP contribution in [0.25, 0.3) is 32.0 Å². The molecule has 1 fully saturated rings. The van der Waals surface area contributed by atoms with Crippen LogP contribution in [0.1, 0.15) is 18.6 Å². The first-order valence-electron chi connectivity index (χ1n) is 10.1. The summed E-state index contributed by atoms with van der Waals surface area (Å²) in [5.41, 5.74) is 9.16. The van der Waals surface area contributed by atoms with E-state index in [-0.39, 0.29) is 5.95 Å². The van der Waals surface area contributed by atoms with Crippen molar-refractivity contribution in [3.05, 3.63) is 48.3 Å². The Bertz CT molecular complexity index is 1220. The second-order valence-electron chi connectivity index (χ2n) is 7.43. The predicted octanol–water partition coefficient (Wildman–Crippen LogP) is 3.29. The van der Waals surface area contributed by atoms with Gasteiger partial charge in [-0.1, -0.05) is 18.2 Å². The number of rotatable bonds is 4. The fraction of sp³-hybridized carbons (Fsp3) is 0.273. The number of ether oxygens (including phenoxy) is 1. The third-order valence-electron chi connectivity index (χ3n) is 5.25. The van der Waals surface area contributed by atoms with Crippen LogP contribution in [0, 0.1) is 0 Å². The zero-order valence-corrected chi connectivity index (χ0v) is 17.8. The van der Waals surface area contributed by atoms with Gasteiger partial charge < -0.3 is 20.5 Å². The number of aliphatic hydroxyl groups excluding tert-OH is 1. The van der Waals surface area contributed by atoms with Crippen molar-refractivity contribution in [3.63, 3.8) is 0 Å². The molecule has 0 amide bonds. The van der Waals surface area contributed by atoms with Crippen molar-refractivity contribution < 1.29 is 9.84 Å². The fourth-order valence-corrected chi connectivity index (χ4v) is 4.69. The number of nitrogens with zero attached hydrogens (tertiary/aromatic N) is 5. The summed E-state index contributed by atoms with van der Waals surface area (Å²) >= 11 is 1.66. The second-order valence-corrected chi connectivity index (χ2v) is 8.48. The van der Waals surface area contributed by atoms with E-state index in [0.29, 0.717) is 19.0 Å². The highest BCUT2D eigenvalue weighted by molar-refractivity contribution is 7.22. The first-order valence-corrected chi connectivity index (χ1v) is 10.9. The molecule has 158 valence electrons. The van der Waals surface area contributed by atoms with Crippen LogP contribution in [-0.4, -0.2) is 51.3 Å². The standard InChI is InChI=1S/C22H22N6O2S/c1-13(29)14-3-2-4-15(9-14)18-10-17-19(31-18)21(28-5-7-30-8-6-28)27-20(26-17)16-11-24-22(23)25-12-16/h2-4,9-13,29H,5-8H2,1H3,(H2,23,24,25). The van der Waals surface area contributed by atoms with Gasteiger partial charge in [-0.2, -0.15) is 0 Å². The van der Waals surface area contributed by atoms with Gasteiger partial charge in [0.25, 0.3) is 0 Å². The molecule has 0 bridgehead atoms. The third kappa shape index (κ3) is 3.95. The number of anilines is 2. The van der Waals surface area contributed by atoms with Crippen LogP contribution in [0.15, 0.2) is 42.7 Å². The van der Waals surface area contributed by atoms with Crippen LogP contribution in [0.2, 0.25) is 0 Å². The molecule has 4 heterocycles. The minimum absolute atomic E-state index is 0.217. The Morgan fingerprint density at radius 1 is 1.10 bits per heavy atom. The monoisotopic (exact) mass is 434 g/mol. The number of hydrogen-bond donors (Lipinski definition) is 2. The van der Waals surface area contributed by atoms with Crippen LogP contribution < -0.4 is 10.6 Å². The molecule has 3 N–H and O–H groups in total. The summed E-state index contributed by atoms with van der Waals surface area (Å²) in [7, 11) is 0. The van der Waals surface area contributed by atoms with Crippen LogP contribution in [0.3, 0.4) is 0 Å². The largest absolute Gasteiger partial charge is 0.389 e. The number of thiophene rings is 1. The quantitative estimate of drug-likeness (QED) is 0.503. The Kier molecular flexibility index (Phi) is 5.23. The average Bonchev–Trinajstić information content (AvgIpc) is 3.24. The third-order valence-corrected chi connectivity index (χ3v) is 6.42. The molecule has 1 aliphatic rings. The molecule has 1 saturated heterocycles. The zero-order chi connectivity index (χ0) is 21.4. The van der Waals surface area contributed by atoms with E-state index in [1.807, 2.05) is 24.3 Å². The van der Waals surface area contributed by atoms with Crippen molar-refractivity contribution in [3.8, 4) is 21.8 Å². The highest BCUT2D eigenvalue weighted by Crippen LogP contribution is 2.39. The molecule has 0 saturated carbocycles. The Balaban J connectivity index is 1.66. The van der Waals surface area contributed by atoms with E-state index in [2.05, 4.69) is 20.9 Å². The molecule has 1 aliphatic heterocycles. The minimum Gasteiger partial charge on any atom is -0.389 e. The van der Waals surface area contributed by atoms with Crippen molar-refractivity contribution in [1.29, 1.82) is 0 Å². The highest BCUT2D eigenvalue weighted by atomic mass is 32.1. The summed E-state index contributed by atoms with van der Waals surface area (Å²) in [6.45, 7) is 4.65. The lowest BCUT2D eigenvalue weighted by Crippen LogP contribution is -2.36. The van der Waals surface area contributed by atoms with Crippen molar-refractivity contribution >= 4 is 33.3 Å². The van der Waals surface area contributed by atoms with Gasteiger partial charge >= 0.3 is 0 Å². The molecule has 0 radical (unpaired) electrons. The van der Waals surface area contributed by atoms with E-state index in [4.69, 9.17) is 20.4 Å². The average molecular weight is 435 g/mol. The molecule has 1 unspecified atom stereocenters. The van der Waals surface area contributed by atoms with Gasteiger partial charge in [-0.25, -0.2) is 19.9 Å². The molecule has 0 aliphatic carbocycles. The van der Waals surface area contributed by atoms with Gasteiger partial charge in [0.1, 0.15) is 0 Å². The number of aliphatic hydroxyl groups is 1. The maximum absolute atomic E-state index is 9.97. The summed E-state index contributed by atoms with van der Waals surface area (Å²) in [6.07, 6.45) is 2.77. The number of aromatic nitrogens is 4. The number of hydrogen-bond acceptors (Lipinski definition) is 9. The molecule has 31 heavy (non-hydrogen) atoms. The SMILES string of the molecule is CC(O)c1cccc(-c2cc3nc(-c4cnc(N)nc4)nc(N4CCOCC4)c3s2)c1. The molecular formula is C22H22N6O2S. The summed E-state index contributed by atoms with van der Waals surface area (Å²) in [5, 5.41) is 9.97. The second kappa shape index (κ2) is 8.18. The van der Waals surface area contributed by atoms with Crippen molar-refractivity contribution in [2.24, 2.45) is 0 Å². The Hall–Kier alpha value is -3.14. The molecule has 1 atom stereocenters. The summed E-state index contributed by atoms with van der Waals surface area (Å²) in [5.74, 6) is 1.67. The first kappa shape index (κ1) is 19.8. The maximum atomic E-state index is 9.97. The minimum atomic E-state index is -0.518. The van der Waals surface area contributed by atoms with Gasteiger partial charge in [-0.15, -0.1) is 11.3 Å². The van der Waals surface area contributed by atoms with E-state index in [9.17, 15) is 5.11 Å². The van der Waals surface area contributed by atoms with E-state index >= 15 is 0 Å². The number of benzene rings is 1. The molecule has 0 spiro atoms. The normalized spacial score (nSPS) is 15.4. The van der Waals surface area contributed by atoms with Crippen LogP contribution in [0.4, 0.5) is 11.8 Å². The van der Waals surface area contributed by atoms with Crippen molar-refractivity contribution in [1.82, 2.24) is 19.9 Å². The van der Waals surface area contributed by atoms with Gasteiger partial charge in [0.15, 0.2) is 11.6 Å². The summed E-state index contributed by atoms with van der Waals surface area (Å²) in [4.78, 5) is 21.2. The maximum Gasteiger partial charge on any atom is 0.219 e. The highest BCUT2D eigenvalue weighted by Gasteiger charge is 2.21. The van der Waals surface area contributed by atoms with Gasteiger partial charge in [0, 0.05) is 30.4 Å². The van der Waals surface area contributed by atoms with Gasteiger partial charge in [-0.3, -0.25) is 0 Å². The number of nitrogen functional groups attached to an aromatic ring is 1. The number of fused-ring (bicyclic) bond motifs is 1. The Morgan fingerprint density at radius 2 is 1.87 bits per heavy atom. The lowest BCUT2D eigenvalue weighted by atomic mass is 10.1. The molecule has 4 aromatic rings. The summed E-state index contributed by atoms with van der Waals surface area (Å²) < 4.78 is 6.56. The fourth-order valence-electron chi connectivity index (χ4n) is 3.58. The van der Waals surface area contributed by atoms with Crippen LogP contribution >= 0.6 is 11.3 Å². The van der Waals surface area contributed by atoms with E-state index < -0.39 is 6.10 Å². The van der Waals surface area contributed by atoms with Crippen molar-refractivity contribution in [2.75, 3.05) is 36.9 Å². The van der Waals surface area contributed by atoms with Crippen LogP contribution in [-0.2, 0) is 4.74 Å². The lowest BCUT2D eigenvalue weighted by molar-refractivity contribution is 0.122. The molecule has 5 rings (SSSR count). The predicted molar refractivity (Wildman–Crippen MR) is 122 cm³/mol. The van der Waals surface area contributed by atoms with Crippen LogP contribution in [0.5, 0.6) is 0 Å². The smallest absolute Gasteiger partial charge is 0.219 e. The molecule has 3 aromatic heterocycles. The van der Waals surface area contributed by atoms with Crippen molar-refractivity contribution in [2.45, 2.75) is 13.0 Å². The van der Waals surface area contributed by atoms with Gasteiger partial charge in [0.2, 0.25) is 5.95 Å². The van der Waals surface area contributed by atoms with Gasteiger partial charge in [0.05, 0.1) is 35.1 Å².